The van der Waals surface area contributed by atoms with Crippen LogP contribution in [0.3, 0.4) is 0 Å². The Bertz CT molecular complexity index is 816. The smallest absolute Gasteiger partial charge is 0.261 e. The summed E-state index contributed by atoms with van der Waals surface area (Å²) in [6.07, 6.45) is 0.505. The summed E-state index contributed by atoms with van der Waals surface area (Å²) in [6.45, 7) is 6.31. The van der Waals surface area contributed by atoms with E-state index in [1.165, 1.54) is 5.56 Å². The van der Waals surface area contributed by atoms with Gasteiger partial charge < -0.3 is 19.7 Å². The summed E-state index contributed by atoms with van der Waals surface area (Å²) in [5, 5.41) is 2.65. The predicted molar refractivity (Wildman–Crippen MR) is 118 cm³/mol. The van der Waals surface area contributed by atoms with Crippen LogP contribution in [-0.2, 0) is 16.1 Å². The quantitative estimate of drug-likeness (QED) is 0.645. The molecule has 2 aromatic carbocycles. The van der Waals surface area contributed by atoms with Crippen LogP contribution in [0.4, 0.5) is 0 Å². The lowest BCUT2D eigenvalue weighted by Crippen LogP contribution is -2.49. The van der Waals surface area contributed by atoms with Crippen LogP contribution < -0.4 is 14.8 Å². The first kappa shape index (κ1) is 23.3. The molecule has 0 fully saturated rings. The lowest BCUT2D eigenvalue weighted by molar-refractivity contribution is -0.142. The third-order valence-electron chi connectivity index (χ3n) is 5.05. The first-order chi connectivity index (χ1) is 14.4. The maximum absolute atomic E-state index is 13.0. The van der Waals surface area contributed by atoms with Gasteiger partial charge in [0.2, 0.25) is 5.91 Å². The molecule has 0 aliphatic heterocycles. The Balaban J connectivity index is 2.14. The standard InChI is InChI=1S/C24H32N2O4/c1-6-22(24(28)25-4)26(15-18-7-11-20(29-5)12-8-18)23(27)16-30-21-13-9-19(10-14-21)17(2)3/h7-14,17,22H,6,15-16H2,1-5H3,(H,25,28). The summed E-state index contributed by atoms with van der Waals surface area (Å²) < 4.78 is 10.9. The average Bonchev–Trinajstić information content (AvgIpc) is 2.77. The maximum atomic E-state index is 13.0. The molecular formula is C24H32N2O4. The Morgan fingerprint density at radius 1 is 1.00 bits per heavy atom. The molecule has 1 atom stereocenters. The fourth-order valence-corrected chi connectivity index (χ4v) is 3.19. The van der Waals surface area contributed by atoms with Crippen molar-refractivity contribution in [3.63, 3.8) is 0 Å². The third-order valence-corrected chi connectivity index (χ3v) is 5.05. The first-order valence-electron chi connectivity index (χ1n) is 10.3. The van der Waals surface area contributed by atoms with Crippen molar-refractivity contribution in [2.24, 2.45) is 0 Å². The normalized spacial score (nSPS) is 11.7. The zero-order chi connectivity index (χ0) is 22.1. The molecule has 0 aliphatic carbocycles. The summed E-state index contributed by atoms with van der Waals surface area (Å²) in [6, 6.07) is 14.6. The topological polar surface area (TPSA) is 67.9 Å². The minimum atomic E-state index is -0.573. The Morgan fingerprint density at radius 2 is 1.60 bits per heavy atom. The van der Waals surface area contributed by atoms with Gasteiger partial charge in [0.05, 0.1) is 7.11 Å². The van der Waals surface area contributed by atoms with Gasteiger partial charge in [0.15, 0.2) is 6.61 Å². The molecule has 6 heteroatoms. The van der Waals surface area contributed by atoms with Crippen LogP contribution in [0.5, 0.6) is 11.5 Å². The van der Waals surface area contributed by atoms with Crippen molar-refractivity contribution in [2.45, 2.75) is 45.7 Å². The van der Waals surface area contributed by atoms with Gasteiger partial charge in [0, 0.05) is 13.6 Å². The van der Waals surface area contributed by atoms with E-state index in [2.05, 4.69) is 19.2 Å². The van der Waals surface area contributed by atoms with Crippen molar-refractivity contribution in [2.75, 3.05) is 20.8 Å². The van der Waals surface area contributed by atoms with Gasteiger partial charge in [0.25, 0.3) is 5.91 Å². The fraction of sp³-hybridized carbons (Fsp3) is 0.417. The zero-order valence-electron chi connectivity index (χ0n) is 18.5. The summed E-state index contributed by atoms with van der Waals surface area (Å²) in [5.74, 6) is 1.36. The van der Waals surface area contributed by atoms with Crippen LogP contribution in [0.2, 0.25) is 0 Å². The van der Waals surface area contributed by atoms with Gasteiger partial charge >= 0.3 is 0 Å². The number of hydrogen-bond acceptors (Lipinski definition) is 4. The van der Waals surface area contributed by atoms with Crippen LogP contribution in [0.1, 0.15) is 44.2 Å². The van der Waals surface area contributed by atoms with E-state index in [1.54, 1.807) is 19.1 Å². The summed E-state index contributed by atoms with van der Waals surface area (Å²) >= 11 is 0. The van der Waals surface area contributed by atoms with E-state index in [0.717, 1.165) is 11.3 Å². The number of likely N-dealkylation sites (N-methyl/N-ethyl adjacent to an activating group) is 1. The second-order valence-electron chi connectivity index (χ2n) is 7.42. The van der Waals surface area contributed by atoms with Crippen LogP contribution >= 0.6 is 0 Å². The van der Waals surface area contributed by atoms with Gasteiger partial charge in [-0.2, -0.15) is 0 Å². The van der Waals surface area contributed by atoms with E-state index in [-0.39, 0.29) is 18.4 Å². The van der Waals surface area contributed by atoms with Crippen LogP contribution in [0, 0.1) is 0 Å². The van der Waals surface area contributed by atoms with Gasteiger partial charge in [-0.25, -0.2) is 0 Å². The van der Waals surface area contributed by atoms with Crippen LogP contribution in [0.25, 0.3) is 0 Å². The van der Waals surface area contributed by atoms with E-state index < -0.39 is 6.04 Å². The minimum absolute atomic E-state index is 0.134. The van der Waals surface area contributed by atoms with Crippen molar-refractivity contribution in [1.82, 2.24) is 10.2 Å². The predicted octanol–water partition coefficient (Wildman–Crippen LogP) is 3.75. The van der Waals surface area contributed by atoms with Crippen molar-refractivity contribution in [3.05, 3.63) is 59.7 Å². The van der Waals surface area contributed by atoms with E-state index in [1.807, 2.05) is 55.5 Å². The second-order valence-corrected chi connectivity index (χ2v) is 7.42. The van der Waals surface area contributed by atoms with Crippen molar-refractivity contribution in [3.8, 4) is 11.5 Å². The summed E-state index contributed by atoms with van der Waals surface area (Å²) in [5.41, 5.74) is 2.12. The Kier molecular flexibility index (Phi) is 8.71. The largest absolute Gasteiger partial charge is 0.497 e. The molecular weight excluding hydrogens is 380 g/mol. The highest BCUT2D eigenvalue weighted by molar-refractivity contribution is 5.88. The van der Waals surface area contributed by atoms with E-state index in [4.69, 9.17) is 9.47 Å². The Labute approximate surface area is 179 Å². The third kappa shape index (κ3) is 6.24. The highest BCUT2D eigenvalue weighted by Crippen LogP contribution is 2.20. The molecule has 0 saturated heterocycles. The van der Waals surface area contributed by atoms with Crippen molar-refractivity contribution < 1.29 is 19.1 Å². The van der Waals surface area contributed by atoms with E-state index in [0.29, 0.717) is 24.6 Å². The molecule has 2 rings (SSSR count). The number of carbonyl (C=O) groups excluding carboxylic acids is 2. The number of hydrogen-bond donors (Lipinski definition) is 1. The number of ether oxygens (including phenoxy) is 2. The zero-order valence-corrected chi connectivity index (χ0v) is 18.5. The van der Waals surface area contributed by atoms with Gasteiger partial charge in [-0.15, -0.1) is 0 Å². The van der Waals surface area contributed by atoms with Crippen LogP contribution in [-0.4, -0.2) is 43.5 Å². The number of benzene rings is 2. The van der Waals surface area contributed by atoms with E-state index >= 15 is 0 Å². The van der Waals surface area contributed by atoms with E-state index in [9.17, 15) is 9.59 Å². The fourth-order valence-electron chi connectivity index (χ4n) is 3.19. The number of methoxy groups -OCH3 is 1. The lowest BCUT2D eigenvalue weighted by atomic mass is 10.0. The monoisotopic (exact) mass is 412 g/mol. The first-order valence-corrected chi connectivity index (χ1v) is 10.3. The molecule has 0 aliphatic rings. The second kappa shape index (κ2) is 11.2. The number of carbonyl (C=O) groups is 2. The van der Waals surface area contributed by atoms with Crippen molar-refractivity contribution in [1.29, 1.82) is 0 Å². The Morgan fingerprint density at radius 3 is 2.10 bits per heavy atom. The molecule has 0 bridgehead atoms. The van der Waals surface area contributed by atoms with Crippen molar-refractivity contribution >= 4 is 11.8 Å². The number of nitrogens with one attached hydrogen (secondary N) is 1. The van der Waals surface area contributed by atoms with Crippen LogP contribution in [0.15, 0.2) is 48.5 Å². The Hall–Kier alpha value is -3.02. The molecule has 0 radical (unpaired) electrons. The molecule has 30 heavy (non-hydrogen) atoms. The van der Waals surface area contributed by atoms with Gasteiger partial charge in [-0.1, -0.05) is 45.0 Å². The summed E-state index contributed by atoms with van der Waals surface area (Å²) in [7, 11) is 3.18. The lowest BCUT2D eigenvalue weighted by Gasteiger charge is -2.30. The average molecular weight is 413 g/mol. The molecule has 2 aromatic rings. The molecule has 0 aromatic heterocycles. The SMILES string of the molecule is CCC(C(=O)NC)N(Cc1ccc(OC)cc1)C(=O)COc1ccc(C(C)C)cc1. The molecule has 0 heterocycles. The molecule has 0 saturated carbocycles. The van der Waals surface area contributed by atoms with Gasteiger partial charge in [-0.05, 0) is 47.7 Å². The minimum Gasteiger partial charge on any atom is -0.497 e. The molecule has 162 valence electrons. The number of nitrogens with zero attached hydrogens (tertiary/aromatic N) is 1. The highest BCUT2D eigenvalue weighted by atomic mass is 16.5. The van der Waals surface area contributed by atoms with Gasteiger partial charge in [0.1, 0.15) is 17.5 Å². The molecule has 2 amide bonds. The number of amides is 2. The molecule has 1 unspecified atom stereocenters. The van der Waals surface area contributed by atoms with Gasteiger partial charge in [-0.3, -0.25) is 9.59 Å². The molecule has 0 spiro atoms. The highest BCUT2D eigenvalue weighted by Gasteiger charge is 2.28. The molecule has 1 N–H and O–H groups in total. The molecule has 6 nitrogen and oxygen atoms in total. The summed E-state index contributed by atoms with van der Waals surface area (Å²) in [4.78, 5) is 27.0. The number of rotatable bonds is 10. The maximum Gasteiger partial charge on any atom is 0.261 e.